The zero-order valence-electron chi connectivity index (χ0n) is 10.6. The van der Waals surface area contributed by atoms with Crippen LogP contribution in [0.15, 0.2) is 35.0 Å². The van der Waals surface area contributed by atoms with Crippen molar-refractivity contribution in [3.8, 4) is 5.75 Å². The van der Waals surface area contributed by atoms with Crippen molar-refractivity contribution in [1.82, 2.24) is 0 Å². The van der Waals surface area contributed by atoms with Crippen LogP contribution in [0.1, 0.15) is 34.8 Å². The van der Waals surface area contributed by atoms with Crippen molar-refractivity contribution in [2.75, 3.05) is 6.61 Å². The van der Waals surface area contributed by atoms with E-state index in [1.807, 2.05) is 48.9 Å². The summed E-state index contributed by atoms with van der Waals surface area (Å²) in [7, 11) is 0. The first-order valence-corrected chi connectivity index (χ1v) is 6.97. The first-order chi connectivity index (χ1) is 8.74. The molecular weight excluding hydrogens is 244 g/mol. The highest BCUT2D eigenvalue weighted by Crippen LogP contribution is 2.24. The Morgan fingerprint density at radius 1 is 1.22 bits per heavy atom. The third kappa shape index (κ3) is 2.62. The molecule has 18 heavy (non-hydrogen) atoms. The molecule has 0 aliphatic carbocycles. The van der Waals surface area contributed by atoms with Crippen LogP contribution < -0.4 is 4.74 Å². The highest BCUT2D eigenvalue weighted by atomic mass is 32.1. The molecule has 0 saturated carbocycles. The molecule has 1 heterocycles. The zero-order valence-corrected chi connectivity index (χ0v) is 11.4. The van der Waals surface area contributed by atoms with Gasteiger partial charge in [-0.1, -0.05) is 19.1 Å². The van der Waals surface area contributed by atoms with Gasteiger partial charge in [-0.15, -0.1) is 0 Å². The topological polar surface area (TPSA) is 26.3 Å². The monoisotopic (exact) mass is 260 g/mol. The average molecular weight is 260 g/mol. The second-order valence-electron chi connectivity index (χ2n) is 4.14. The molecule has 94 valence electrons. The van der Waals surface area contributed by atoms with Crippen molar-refractivity contribution in [2.45, 2.75) is 20.3 Å². The normalized spacial score (nSPS) is 10.3. The van der Waals surface area contributed by atoms with Gasteiger partial charge in [0.05, 0.1) is 12.2 Å². The summed E-state index contributed by atoms with van der Waals surface area (Å²) in [5.74, 6) is 0.718. The average Bonchev–Trinajstić information content (AvgIpc) is 2.82. The molecule has 0 saturated heterocycles. The maximum absolute atomic E-state index is 12.4. The van der Waals surface area contributed by atoms with Crippen LogP contribution in [0, 0.1) is 6.92 Å². The van der Waals surface area contributed by atoms with Gasteiger partial charge in [0.2, 0.25) is 0 Å². The molecule has 2 rings (SSSR count). The van der Waals surface area contributed by atoms with E-state index in [0.29, 0.717) is 17.9 Å². The molecule has 0 aliphatic heterocycles. The van der Waals surface area contributed by atoms with Gasteiger partial charge in [-0.05, 0) is 36.4 Å². The predicted molar refractivity (Wildman–Crippen MR) is 74.7 cm³/mol. The van der Waals surface area contributed by atoms with Gasteiger partial charge in [0.25, 0.3) is 0 Å². The molecule has 0 unspecified atom stereocenters. The molecule has 0 amide bonds. The molecule has 1 aromatic heterocycles. The summed E-state index contributed by atoms with van der Waals surface area (Å²) in [4.78, 5) is 12.4. The van der Waals surface area contributed by atoms with E-state index >= 15 is 0 Å². The quantitative estimate of drug-likeness (QED) is 0.757. The van der Waals surface area contributed by atoms with Crippen LogP contribution >= 0.6 is 11.3 Å². The van der Waals surface area contributed by atoms with Gasteiger partial charge in [0.1, 0.15) is 5.75 Å². The Morgan fingerprint density at radius 3 is 2.67 bits per heavy atom. The number of hydrogen-bond donors (Lipinski definition) is 0. The molecule has 2 nitrogen and oxygen atoms in total. The molecule has 0 atom stereocenters. The smallest absolute Gasteiger partial charge is 0.197 e. The maximum atomic E-state index is 12.4. The van der Waals surface area contributed by atoms with Crippen LogP contribution in [0.3, 0.4) is 0 Å². The Morgan fingerprint density at radius 2 is 2.00 bits per heavy atom. The van der Waals surface area contributed by atoms with E-state index in [2.05, 4.69) is 0 Å². The van der Waals surface area contributed by atoms with E-state index in [-0.39, 0.29) is 5.78 Å². The van der Waals surface area contributed by atoms with Crippen LogP contribution in [0.25, 0.3) is 0 Å². The van der Waals surface area contributed by atoms with Crippen LogP contribution in [0.2, 0.25) is 0 Å². The molecule has 0 radical (unpaired) electrons. The van der Waals surface area contributed by atoms with Crippen molar-refractivity contribution >= 4 is 17.1 Å². The van der Waals surface area contributed by atoms with E-state index in [4.69, 9.17) is 4.74 Å². The second-order valence-corrected chi connectivity index (χ2v) is 4.89. The molecule has 2 aromatic rings. The zero-order chi connectivity index (χ0) is 13.0. The summed E-state index contributed by atoms with van der Waals surface area (Å²) < 4.78 is 5.63. The van der Waals surface area contributed by atoms with E-state index in [9.17, 15) is 4.79 Å². The van der Waals surface area contributed by atoms with Gasteiger partial charge in [0, 0.05) is 10.9 Å². The molecular formula is C15H16O2S. The van der Waals surface area contributed by atoms with Crippen molar-refractivity contribution in [2.24, 2.45) is 0 Å². The summed E-state index contributed by atoms with van der Waals surface area (Å²) in [5.41, 5.74) is 2.44. The molecule has 1 aromatic carbocycles. The van der Waals surface area contributed by atoms with E-state index in [0.717, 1.165) is 17.5 Å². The highest BCUT2D eigenvalue weighted by molar-refractivity contribution is 7.08. The molecule has 0 spiro atoms. The first kappa shape index (κ1) is 12.8. The van der Waals surface area contributed by atoms with Gasteiger partial charge < -0.3 is 4.74 Å². The van der Waals surface area contributed by atoms with Gasteiger partial charge >= 0.3 is 0 Å². The summed E-state index contributed by atoms with van der Waals surface area (Å²) in [6.07, 6.45) is 0.931. The Labute approximate surface area is 111 Å². The van der Waals surface area contributed by atoms with Crippen molar-refractivity contribution < 1.29 is 9.53 Å². The fourth-order valence-electron chi connectivity index (χ4n) is 1.73. The van der Waals surface area contributed by atoms with Crippen molar-refractivity contribution in [1.29, 1.82) is 0 Å². The number of hydrogen-bond acceptors (Lipinski definition) is 3. The minimum atomic E-state index is 0.0421. The van der Waals surface area contributed by atoms with Crippen LogP contribution in [0.5, 0.6) is 5.75 Å². The fraction of sp³-hybridized carbons (Fsp3) is 0.267. The van der Waals surface area contributed by atoms with Crippen LogP contribution in [-0.2, 0) is 0 Å². The Hall–Kier alpha value is -1.61. The standard InChI is InChI=1S/C15H16O2S/c1-3-8-17-14-7-5-4-6-12(14)15(16)13-10-18-9-11(13)2/h4-7,9-10H,3,8H2,1-2H3. The van der Waals surface area contributed by atoms with E-state index in [1.165, 1.54) is 0 Å². The third-order valence-electron chi connectivity index (χ3n) is 2.69. The van der Waals surface area contributed by atoms with Crippen LogP contribution in [-0.4, -0.2) is 12.4 Å². The number of ketones is 1. The Balaban J connectivity index is 2.33. The lowest BCUT2D eigenvalue weighted by Gasteiger charge is -2.09. The Kier molecular flexibility index (Phi) is 4.15. The number of ether oxygens (including phenoxy) is 1. The molecule has 3 heteroatoms. The molecule has 0 N–H and O–H groups in total. The summed E-state index contributed by atoms with van der Waals surface area (Å²) in [5, 5.41) is 3.89. The predicted octanol–water partition coefficient (Wildman–Crippen LogP) is 4.08. The van der Waals surface area contributed by atoms with Gasteiger partial charge in [-0.2, -0.15) is 11.3 Å². The third-order valence-corrected chi connectivity index (χ3v) is 3.55. The number of rotatable bonds is 5. The first-order valence-electron chi connectivity index (χ1n) is 6.03. The number of aryl methyl sites for hydroxylation is 1. The van der Waals surface area contributed by atoms with Gasteiger partial charge in [-0.25, -0.2) is 0 Å². The molecule has 0 bridgehead atoms. The SMILES string of the molecule is CCCOc1ccccc1C(=O)c1cscc1C. The van der Waals surface area contributed by atoms with Gasteiger partial charge in [-0.3, -0.25) is 4.79 Å². The molecule has 0 fully saturated rings. The van der Waals surface area contributed by atoms with Crippen molar-refractivity contribution in [3.05, 3.63) is 51.7 Å². The van der Waals surface area contributed by atoms with Crippen LogP contribution in [0.4, 0.5) is 0 Å². The van der Waals surface area contributed by atoms with E-state index in [1.54, 1.807) is 11.3 Å². The lowest BCUT2D eigenvalue weighted by Crippen LogP contribution is -2.06. The minimum Gasteiger partial charge on any atom is -0.493 e. The second kappa shape index (κ2) is 5.83. The summed E-state index contributed by atoms with van der Waals surface area (Å²) in [6, 6.07) is 7.44. The number of carbonyl (C=O) groups is 1. The maximum Gasteiger partial charge on any atom is 0.197 e. The lowest BCUT2D eigenvalue weighted by molar-refractivity contribution is 0.103. The number of para-hydroxylation sites is 1. The Bertz CT molecular complexity index is 543. The van der Waals surface area contributed by atoms with E-state index < -0.39 is 0 Å². The number of thiophene rings is 1. The van der Waals surface area contributed by atoms with Crippen molar-refractivity contribution in [3.63, 3.8) is 0 Å². The highest BCUT2D eigenvalue weighted by Gasteiger charge is 2.16. The van der Waals surface area contributed by atoms with Gasteiger partial charge in [0.15, 0.2) is 5.78 Å². The number of carbonyl (C=O) groups excluding carboxylic acids is 1. The fourth-order valence-corrected chi connectivity index (χ4v) is 2.56. The molecule has 0 aliphatic rings. The summed E-state index contributed by atoms with van der Waals surface area (Å²) >= 11 is 1.55. The minimum absolute atomic E-state index is 0.0421. The largest absolute Gasteiger partial charge is 0.493 e. The number of benzene rings is 1. The summed E-state index contributed by atoms with van der Waals surface area (Å²) in [6.45, 7) is 4.64. The lowest BCUT2D eigenvalue weighted by atomic mass is 10.0.